The number of nitrogens with zero attached hydrogens (tertiary/aromatic N) is 2. The molecular formula is C16H20N2O3. The van der Waals surface area contributed by atoms with Gasteiger partial charge in [-0.2, -0.15) is 0 Å². The second-order valence-electron chi connectivity index (χ2n) is 4.47. The summed E-state index contributed by atoms with van der Waals surface area (Å²) in [5.74, 6) is -0.278. The predicted molar refractivity (Wildman–Crippen MR) is 79.3 cm³/mol. The first kappa shape index (κ1) is 16.8. The van der Waals surface area contributed by atoms with E-state index in [4.69, 9.17) is 9.84 Å². The van der Waals surface area contributed by atoms with E-state index < -0.39 is 0 Å². The Morgan fingerprint density at radius 1 is 1.10 bits per heavy atom. The molecule has 0 aromatic carbocycles. The molecule has 2 heterocycles. The van der Waals surface area contributed by atoms with Crippen LogP contribution in [-0.4, -0.2) is 21.0 Å². The van der Waals surface area contributed by atoms with Crippen LogP contribution in [-0.2, 0) is 22.7 Å². The Labute approximate surface area is 124 Å². The summed E-state index contributed by atoms with van der Waals surface area (Å²) in [7, 11) is 0. The molecule has 5 nitrogen and oxygen atoms in total. The first-order valence-corrected chi connectivity index (χ1v) is 6.59. The highest BCUT2D eigenvalue weighted by Gasteiger charge is 1.99. The number of ether oxygens (including phenoxy) is 1. The summed E-state index contributed by atoms with van der Waals surface area (Å²) in [5.41, 5.74) is 3.66. The standard InChI is InChI=1S/C9H11NO2.C7H9NO/c1-7-4-3-5-10-9(7)6-12-8(2)11;1-6-3-2-4-8-7(6)5-9/h3-5H,6H2,1-2H3;2-4,9H,5H2,1H3. The van der Waals surface area contributed by atoms with Crippen molar-refractivity contribution in [3.8, 4) is 0 Å². The van der Waals surface area contributed by atoms with Gasteiger partial charge in [0.05, 0.1) is 18.0 Å². The number of rotatable bonds is 3. The average molecular weight is 288 g/mol. The number of aryl methyl sites for hydroxylation is 2. The number of hydrogen-bond donors (Lipinski definition) is 1. The number of aromatic nitrogens is 2. The molecule has 2 aromatic heterocycles. The molecule has 0 aliphatic rings. The predicted octanol–water partition coefficient (Wildman–Crippen LogP) is 2.34. The first-order chi connectivity index (χ1) is 10.0. The maximum Gasteiger partial charge on any atom is 0.303 e. The minimum atomic E-state index is -0.278. The van der Waals surface area contributed by atoms with Crippen molar-refractivity contribution in [2.75, 3.05) is 0 Å². The van der Waals surface area contributed by atoms with Crippen molar-refractivity contribution in [1.82, 2.24) is 9.97 Å². The number of pyridine rings is 2. The van der Waals surface area contributed by atoms with Gasteiger partial charge in [-0.15, -0.1) is 0 Å². The van der Waals surface area contributed by atoms with Gasteiger partial charge < -0.3 is 9.84 Å². The molecule has 0 aliphatic heterocycles. The number of carbonyl (C=O) groups is 1. The van der Waals surface area contributed by atoms with Crippen LogP contribution in [0.3, 0.4) is 0 Å². The third kappa shape index (κ3) is 6.14. The maximum absolute atomic E-state index is 10.5. The summed E-state index contributed by atoms with van der Waals surface area (Å²) in [6, 6.07) is 7.57. The smallest absolute Gasteiger partial charge is 0.303 e. The zero-order valence-electron chi connectivity index (χ0n) is 12.5. The fourth-order valence-corrected chi connectivity index (χ4v) is 1.52. The van der Waals surface area contributed by atoms with Crippen LogP contribution in [0.15, 0.2) is 36.7 Å². The highest BCUT2D eigenvalue weighted by Crippen LogP contribution is 2.04. The van der Waals surface area contributed by atoms with Gasteiger partial charge in [-0.05, 0) is 37.1 Å². The third-order valence-electron chi connectivity index (χ3n) is 2.80. The van der Waals surface area contributed by atoms with Crippen molar-refractivity contribution in [2.45, 2.75) is 34.0 Å². The van der Waals surface area contributed by atoms with Crippen LogP contribution < -0.4 is 0 Å². The van der Waals surface area contributed by atoms with Gasteiger partial charge in [0.25, 0.3) is 0 Å². The van der Waals surface area contributed by atoms with Gasteiger partial charge in [0.1, 0.15) is 6.61 Å². The van der Waals surface area contributed by atoms with Crippen molar-refractivity contribution in [3.63, 3.8) is 0 Å². The van der Waals surface area contributed by atoms with Gasteiger partial charge in [0, 0.05) is 19.3 Å². The van der Waals surface area contributed by atoms with E-state index in [1.165, 1.54) is 6.92 Å². The van der Waals surface area contributed by atoms with Crippen molar-refractivity contribution in [3.05, 3.63) is 59.2 Å². The maximum atomic E-state index is 10.5. The summed E-state index contributed by atoms with van der Waals surface area (Å²) < 4.78 is 4.81. The molecule has 0 saturated heterocycles. The van der Waals surface area contributed by atoms with Crippen LogP contribution in [0.4, 0.5) is 0 Å². The molecule has 1 N–H and O–H groups in total. The van der Waals surface area contributed by atoms with Gasteiger partial charge in [-0.25, -0.2) is 0 Å². The van der Waals surface area contributed by atoms with E-state index in [0.717, 1.165) is 22.5 Å². The molecule has 0 saturated carbocycles. The topological polar surface area (TPSA) is 72.3 Å². The molecule has 0 unspecified atom stereocenters. The molecular weight excluding hydrogens is 268 g/mol. The normalized spacial score (nSPS) is 9.52. The van der Waals surface area contributed by atoms with Crippen LogP contribution in [0, 0.1) is 13.8 Å². The second kappa shape index (κ2) is 8.81. The number of aliphatic hydroxyl groups excluding tert-OH is 1. The largest absolute Gasteiger partial charge is 0.459 e. The van der Waals surface area contributed by atoms with E-state index in [2.05, 4.69) is 9.97 Å². The van der Waals surface area contributed by atoms with Gasteiger partial charge in [-0.3, -0.25) is 14.8 Å². The molecule has 2 aromatic rings. The molecule has 0 amide bonds. The molecule has 0 atom stereocenters. The summed E-state index contributed by atoms with van der Waals surface area (Å²) in [6.45, 7) is 5.55. The second-order valence-corrected chi connectivity index (χ2v) is 4.47. The molecule has 0 aliphatic carbocycles. The van der Waals surface area contributed by atoms with E-state index in [0.29, 0.717) is 0 Å². The van der Waals surface area contributed by atoms with Crippen molar-refractivity contribution in [1.29, 1.82) is 0 Å². The molecule has 21 heavy (non-hydrogen) atoms. The Morgan fingerprint density at radius 2 is 1.62 bits per heavy atom. The fourth-order valence-electron chi connectivity index (χ4n) is 1.52. The molecule has 5 heteroatoms. The molecule has 112 valence electrons. The lowest BCUT2D eigenvalue weighted by atomic mass is 10.2. The van der Waals surface area contributed by atoms with E-state index in [1.54, 1.807) is 12.4 Å². The molecule has 0 spiro atoms. The minimum absolute atomic E-state index is 0.0344. The lowest BCUT2D eigenvalue weighted by Gasteiger charge is -2.03. The van der Waals surface area contributed by atoms with Crippen LogP contribution in [0.5, 0.6) is 0 Å². The van der Waals surface area contributed by atoms with Crippen molar-refractivity contribution < 1.29 is 14.6 Å². The Balaban J connectivity index is 0.000000219. The number of hydrogen-bond acceptors (Lipinski definition) is 5. The van der Waals surface area contributed by atoms with Crippen LogP contribution in [0.25, 0.3) is 0 Å². The Bertz CT molecular complexity index is 585. The van der Waals surface area contributed by atoms with Crippen LogP contribution in [0.1, 0.15) is 29.4 Å². The fraction of sp³-hybridized carbons (Fsp3) is 0.312. The van der Waals surface area contributed by atoms with Gasteiger partial charge in [0.2, 0.25) is 0 Å². The van der Waals surface area contributed by atoms with Crippen molar-refractivity contribution in [2.24, 2.45) is 0 Å². The Morgan fingerprint density at radius 3 is 2.00 bits per heavy atom. The van der Waals surface area contributed by atoms with Gasteiger partial charge in [0.15, 0.2) is 0 Å². The van der Waals surface area contributed by atoms with Crippen LogP contribution in [0.2, 0.25) is 0 Å². The molecule has 0 radical (unpaired) electrons. The molecule has 2 rings (SSSR count). The SMILES string of the molecule is CC(=O)OCc1ncccc1C.Cc1cccnc1CO. The zero-order valence-corrected chi connectivity index (χ0v) is 12.5. The summed E-state index contributed by atoms with van der Waals surface area (Å²) in [4.78, 5) is 18.5. The van der Waals surface area contributed by atoms with E-state index in [-0.39, 0.29) is 19.2 Å². The lowest BCUT2D eigenvalue weighted by Crippen LogP contribution is -2.01. The van der Waals surface area contributed by atoms with Gasteiger partial charge in [-0.1, -0.05) is 12.1 Å². The lowest BCUT2D eigenvalue weighted by molar-refractivity contribution is -0.142. The number of aliphatic hydroxyl groups is 1. The Hall–Kier alpha value is -2.27. The van der Waals surface area contributed by atoms with E-state index in [1.807, 2.05) is 38.1 Å². The van der Waals surface area contributed by atoms with E-state index >= 15 is 0 Å². The molecule has 0 bridgehead atoms. The number of carbonyl (C=O) groups excluding carboxylic acids is 1. The zero-order chi connectivity index (χ0) is 15.7. The van der Waals surface area contributed by atoms with E-state index in [9.17, 15) is 4.79 Å². The monoisotopic (exact) mass is 288 g/mol. The number of esters is 1. The highest BCUT2D eigenvalue weighted by atomic mass is 16.5. The first-order valence-electron chi connectivity index (χ1n) is 6.59. The summed E-state index contributed by atoms with van der Waals surface area (Å²) in [5, 5.41) is 8.66. The highest BCUT2D eigenvalue weighted by molar-refractivity contribution is 5.65. The van der Waals surface area contributed by atoms with Crippen LogP contribution >= 0.6 is 0 Å². The summed E-state index contributed by atoms with van der Waals surface area (Å²) >= 11 is 0. The average Bonchev–Trinajstić information content (AvgIpc) is 2.47. The molecule has 0 fully saturated rings. The quantitative estimate of drug-likeness (QED) is 0.878. The minimum Gasteiger partial charge on any atom is -0.459 e. The van der Waals surface area contributed by atoms with Crippen molar-refractivity contribution >= 4 is 5.97 Å². The van der Waals surface area contributed by atoms with Gasteiger partial charge >= 0.3 is 5.97 Å². The third-order valence-corrected chi connectivity index (χ3v) is 2.80. The summed E-state index contributed by atoms with van der Waals surface area (Å²) in [6.07, 6.45) is 3.37. The Kier molecular flexibility index (Phi) is 7.04.